The topological polar surface area (TPSA) is 135 Å². The lowest BCUT2D eigenvalue weighted by Crippen LogP contribution is -2.23. The molecule has 31 heavy (non-hydrogen) atoms. The summed E-state index contributed by atoms with van der Waals surface area (Å²) in [5.41, 5.74) is 0.147. The molecule has 1 aliphatic carbocycles. The van der Waals surface area contributed by atoms with E-state index in [1.54, 1.807) is 13.8 Å². The Morgan fingerprint density at radius 3 is 2.10 bits per heavy atom. The van der Waals surface area contributed by atoms with Gasteiger partial charge in [-0.05, 0) is 76.8 Å². The van der Waals surface area contributed by atoms with Crippen LogP contribution in [0.4, 0.5) is 0 Å². The second-order valence-electron chi connectivity index (χ2n) is 9.63. The van der Waals surface area contributed by atoms with Crippen molar-refractivity contribution >= 4 is 11.9 Å². The maximum absolute atomic E-state index is 11.2. The SMILES string of the molecule is CC(C)(CCCCCc1c(CCCCCC2(C(=O)O)CC2)cc(O)c(O)c1O)C(=O)O. The lowest BCUT2D eigenvalue weighted by molar-refractivity contribution is -0.147. The first-order valence-electron chi connectivity index (χ1n) is 11.2. The van der Waals surface area contributed by atoms with Crippen molar-refractivity contribution in [2.24, 2.45) is 10.8 Å². The van der Waals surface area contributed by atoms with Crippen LogP contribution in [0.25, 0.3) is 0 Å². The molecule has 1 aromatic rings. The first-order valence-corrected chi connectivity index (χ1v) is 11.2. The van der Waals surface area contributed by atoms with Crippen molar-refractivity contribution in [3.05, 3.63) is 17.2 Å². The van der Waals surface area contributed by atoms with Crippen molar-refractivity contribution in [1.29, 1.82) is 0 Å². The molecular formula is C24H36O7. The molecule has 1 aromatic carbocycles. The first kappa shape index (κ1) is 24.8. The third-order valence-corrected chi connectivity index (χ3v) is 6.67. The lowest BCUT2D eigenvalue weighted by Gasteiger charge is -2.18. The number of carboxylic acids is 2. The van der Waals surface area contributed by atoms with Crippen LogP contribution in [-0.2, 0) is 22.4 Å². The largest absolute Gasteiger partial charge is 0.504 e. The molecule has 1 aliphatic rings. The lowest BCUT2D eigenvalue weighted by atomic mass is 9.86. The zero-order valence-corrected chi connectivity index (χ0v) is 18.6. The molecule has 1 fully saturated rings. The molecule has 0 saturated heterocycles. The zero-order valence-electron chi connectivity index (χ0n) is 18.6. The number of aryl methyl sites for hydroxylation is 1. The van der Waals surface area contributed by atoms with E-state index in [2.05, 4.69) is 0 Å². The predicted octanol–water partition coefficient (Wildman–Crippen LogP) is 4.98. The van der Waals surface area contributed by atoms with Crippen LogP contribution in [0.5, 0.6) is 17.2 Å². The summed E-state index contributed by atoms with van der Waals surface area (Å²) in [6.07, 6.45) is 8.73. The van der Waals surface area contributed by atoms with Crippen LogP contribution in [0, 0.1) is 10.8 Å². The minimum absolute atomic E-state index is 0.288. The maximum atomic E-state index is 11.2. The second-order valence-corrected chi connectivity index (χ2v) is 9.63. The maximum Gasteiger partial charge on any atom is 0.309 e. The fourth-order valence-electron chi connectivity index (χ4n) is 4.07. The molecule has 0 heterocycles. The molecule has 7 heteroatoms. The van der Waals surface area contributed by atoms with Crippen molar-refractivity contribution in [3.63, 3.8) is 0 Å². The molecule has 0 aromatic heterocycles. The van der Waals surface area contributed by atoms with Gasteiger partial charge >= 0.3 is 11.9 Å². The number of phenols is 3. The minimum atomic E-state index is -0.813. The number of hydrogen-bond acceptors (Lipinski definition) is 5. The number of aromatic hydroxyl groups is 3. The predicted molar refractivity (Wildman–Crippen MR) is 117 cm³/mol. The Kier molecular flexibility index (Phi) is 8.21. The van der Waals surface area contributed by atoms with Crippen LogP contribution < -0.4 is 0 Å². The van der Waals surface area contributed by atoms with Gasteiger partial charge in [0.25, 0.3) is 0 Å². The highest BCUT2D eigenvalue weighted by molar-refractivity contribution is 5.77. The van der Waals surface area contributed by atoms with Crippen LogP contribution >= 0.6 is 0 Å². The second kappa shape index (κ2) is 10.2. The van der Waals surface area contributed by atoms with Crippen LogP contribution in [0.15, 0.2) is 6.07 Å². The van der Waals surface area contributed by atoms with E-state index in [0.717, 1.165) is 56.9 Å². The Hall–Kier alpha value is -2.44. The molecule has 0 aliphatic heterocycles. The quantitative estimate of drug-likeness (QED) is 0.205. The molecule has 5 N–H and O–H groups in total. The third kappa shape index (κ3) is 6.52. The Morgan fingerprint density at radius 1 is 0.903 bits per heavy atom. The Morgan fingerprint density at radius 2 is 1.52 bits per heavy atom. The van der Waals surface area contributed by atoms with E-state index in [0.29, 0.717) is 31.2 Å². The van der Waals surface area contributed by atoms with Crippen molar-refractivity contribution in [1.82, 2.24) is 0 Å². The number of carboxylic acid groups (broad SMARTS) is 2. The van der Waals surface area contributed by atoms with Gasteiger partial charge in [0.05, 0.1) is 10.8 Å². The molecule has 0 spiro atoms. The van der Waals surface area contributed by atoms with Gasteiger partial charge in [0.2, 0.25) is 5.75 Å². The standard InChI is InChI=1S/C24H36O7/c1-23(2,21(28)29)11-7-4-6-10-17-16(15-18(25)20(27)19(17)26)9-5-3-8-12-24(13-14-24)22(30)31/h15,25-27H,3-14H2,1-2H3,(H,28,29)(H,30,31). The fourth-order valence-corrected chi connectivity index (χ4v) is 4.07. The molecule has 7 nitrogen and oxygen atoms in total. The number of rotatable bonds is 14. The average Bonchev–Trinajstić information content (AvgIpc) is 3.48. The number of aliphatic carboxylic acids is 2. The van der Waals surface area contributed by atoms with Crippen molar-refractivity contribution in [2.75, 3.05) is 0 Å². The normalized spacial score (nSPS) is 15.0. The summed E-state index contributed by atoms with van der Waals surface area (Å²) in [6.45, 7) is 3.41. The molecular weight excluding hydrogens is 400 g/mol. The fraction of sp³-hybridized carbons (Fsp3) is 0.667. The van der Waals surface area contributed by atoms with E-state index >= 15 is 0 Å². The highest BCUT2D eigenvalue weighted by Gasteiger charge is 2.49. The van der Waals surface area contributed by atoms with Crippen molar-refractivity contribution in [2.45, 2.75) is 90.9 Å². The van der Waals surface area contributed by atoms with Crippen molar-refractivity contribution in [3.8, 4) is 17.2 Å². The monoisotopic (exact) mass is 436 g/mol. The highest BCUT2D eigenvalue weighted by atomic mass is 16.4. The number of carbonyl (C=O) groups is 2. The molecule has 2 rings (SSSR count). The van der Waals surface area contributed by atoms with E-state index in [9.17, 15) is 35.1 Å². The van der Waals surface area contributed by atoms with Gasteiger partial charge < -0.3 is 25.5 Å². The van der Waals surface area contributed by atoms with E-state index in [1.807, 2.05) is 0 Å². The Bertz CT molecular complexity index is 794. The molecule has 0 atom stereocenters. The third-order valence-electron chi connectivity index (χ3n) is 6.67. The van der Waals surface area contributed by atoms with E-state index in [-0.39, 0.29) is 11.5 Å². The molecule has 1 saturated carbocycles. The van der Waals surface area contributed by atoms with Gasteiger partial charge in [0.1, 0.15) is 0 Å². The summed E-state index contributed by atoms with van der Waals surface area (Å²) >= 11 is 0. The van der Waals surface area contributed by atoms with E-state index in [1.165, 1.54) is 6.07 Å². The van der Waals surface area contributed by atoms with Crippen LogP contribution in [0.3, 0.4) is 0 Å². The molecule has 174 valence electrons. The Balaban J connectivity index is 1.86. The number of phenolic OH excluding ortho intramolecular Hbond substituents is 3. The van der Waals surface area contributed by atoms with Crippen LogP contribution in [0.1, 0.15) is 89.2 Å². The summed E-state index contributed by atoms with van der Waals surface area (Å²) < 4.78 is 0. The van der Waals surface area contributed by atoms with Gasteiger partial charge in [-0.2, -0.15) is 0 Å². The van der Waals surface area contributed by atoms with E-state index in [4.69, 9.17) is 0 Å². The van der Waals surface area contributed by atoms with Crippen molar-refractivity contribution < 1.29 is 35.1 Å². The van der Waals surface area contributed by atoms with Gasteiger partial charge in [-0.15, -0.1) is 0 Å². The summed E-state index contributed by atoms with van der Waals surface area (Å²) in [4.78, 5) is 22.4. The van der Waals surface area contributed by atoms with Gasteiger partial charge in [-0.25, -0.2) is 0 Å². The molecule has 0 amide bonds. The smallest absolute Gasteiger partial charge is 0.309 e. The van der Waals surface area contributed by atoms with Gasteiger partial charge in [0, 0.05) is 5.56 Å². The van der Waals surface area contributed by atoms with E-state index < -0.39 is 28.5 Å². The average molecular weight is 437 g/mol. The zero-order chi connectivity index (χ0) is 23.2. The highest BCUT2D eigenvalue weighted by Crippen LogP contribution is 2.50. The van der Waals surface area contributed by atoms with Gasteiger partial charge in [-0.3, -0.25) is 9.59 Å². The first-order chi connectivity index (χ1) is 14.5. The minimum Gasteiger partial charge on any atom is -0.504 e. The number of hydrogen-bond donors (Lipinski definition) is 5. The Labute approximate surface area is 183 Å². The van der Waals surface area contributed by atoms with Crippen LogP contribution in [0.2, 0.25) is 0 Å². The summed E-state index contributed by atoms with van der Waals surface area (Å²) in [6, 6.07) is 1.50. The van der Waals surface area contributed by atoms with Gasteiger partial charge in [-0.1, -0.05) is 25.7 Å². The molecule has 0 bridgehead atoms. The summed E-state index contributed by atoms with van der Waals surface area (Å²) in [5, 5.41) is 48.6. The molecule has 0 radical (unpaired) electrons. The molecule has 0 unspecified atom stereocenters. The van der Waals surface area contributed by atoms with Gasteiger partial charge in [0.15, 0.2) is 11.5 Å². The number of benzene rings is 1. The number of unbranched alkanes of at least 4 members (excludes halogenated alkanes) is 4. The van der Waals surface area contributed by atoms with Crippen LogP contribution in [-0.4, -0.2) is 37.5 Å². The summed E-state index contributed by atoms with van der Waals surface area (Å²) in [7, 11) is 0. The summed E-state index contributed by atoms with van der Waals surface area (Å²) in [5.74, 6) is -2.66.